The molecule has 1 amide bonds. The Balaban J connectivity index is 1.37. The van der Waals surface area contributed by atoms with Crippen molar-refractivity contribution >= 4 is 39.3 Å². The van der Waals surface area contributed by atoms with Crippen LogP contribution in [0.25, 0.3) is 10.2 Å². The van der Waals surface area contributed by atoms with Crippen LogP contribution in [0.4, 0.5) is 11.8 Å². The molecule has 0 bridgehead atoms. The van der Waals surface area contributed by atoms with Gasteiger partial charge in [0.2, 0.25) is 5.76 Å². The fourth-order valence-corrected chi connectivity index (χ4v) is 5.71. The largest absolute Gasteiger partial charge is 0.418 e. The first-order chi connectivity index (χ1) is 14.6. The standard InChI is InChI=1S/C21H26N6O2S/c1-25(2)20-22-13-16(29-20)19(28)26-9-3-6-21(8-11-26)7-4-10-27(21)18-17-15(5-12-30-17)23-14-24-18/h5,12-14H,3-4,6-11H2,1-2H3/t21-/m0/s1. The Morgan fingerprint density at radius 2 is 1.97 bits per heavy atom. The van der Waals surface area contributed by atoms with Crippen molar-refractivity contribution in [2.45, 2.75) is 37.6 Å². The van der Waals surface area contributed by atoms with E-state index in [1.807, 2.05) is 19.0 Å². The van der Waals surface area contributed by atoms with Crippen molar-refractivity contribution in [1.29, 1.82) is 0 Å². The van der Waals surface area contributed by atoms with Gasteiger partial charge in [0.25, 0.3) is 11.9 Å². The predicted molar refractivity (Wildman–Crippen MR) is 117 cm³/mol. The normalized spacial score (nSPS) is 22.1. The molecular weight excluding hydrogens is 400 g/mol. The van der Waals surface area contributed by atoms with Crippen LogP contribution in [0.5, 0.6) is 0 Å². The Hall–Kier alpha value is -2.68. The van der Waals surface area contributed by atoms with E-state index in [2.05, 4.69) is 31.3 Å². The quantitative estimate of drug-likeness (QED) is 0.635. The number of hydrogen-bond acceptors (Lipinski definition) is 8. The third-order valence-corrected chi connectivity index (χ3v) is 7.27. The second kappa shape index (κ2) is 7.54. The Morgan fingerprint density at radius 1 is 1.13 bits per heavy atom. The summed E-state index contributed by atoms with van der Waals surface area (Å²) in [5, 5.41) is 2.08. The van der Waals surface area contributed by atoms with E-state index in [1.165, 1.54) is 6.20 Å². The third-order valence-electron chi connectivity index (χ3n) is 6.37. The number of nitrogens with zero attached hydrogens (tertiary/aromatic N) is 6. The molecule has 1 spiro atoms. The first-order valence-corrected chi connectivity index (χ1v) is 11.3. The first-order valence-electron chi connectivity index (χ1n) is 10.5. The average Bonchev–Trinajstić information content (AvgIpc) is 3.46. The molecule has 30 heavy (non-hydrogen) atoms. The van der Waals surface area contributed by atoms with Gasteiger partial charge in [0, 0.05) is 39.3 Å². The zero-order valence-corrected chi connectivity index (χ0v) is 18.2. The van der Waals surface area contributed by atoms with Crippen molar-refractivity contribution in [1.82, 2.24) is 19.9 Å². The van der Waals surface area contributed by atoms with Gasteiger partial charge in [-0.05, 0) is 43.6 Å². The van der Waals surface area contributed by atoms with Gasteiger partial charge in [-0.15, -0.1) is 11.3 Å². The molecule has 0 N–H and O–H groups in total. The van der Waals surface area contributed by atoms with Crippen LogP contribution in [-0.2, 0) is 0 Å². The number of oxazole rings is 1. The molecule has 2 aliphatic rings. The number of anilines is 2. The molecule has 2 fully saturated rings. The zero-order valence-electron chi connectivity index (χ0n) is 17.4. The number of rotatable bonds is 3. The van der Waals surface area contributed by atoms with Crippen LogP contribution in [0.15, 0.2) is 28.4 Å². The topological polar surface area (TPSA) is 78.6 Å². The highest BCUT2D eigenvalue weighted by Gasteiger charge is 2.43. The summed E-state index contributed by atoms with van der Waals surface area (Å²) < 4.78 is 6.81. The summed E-state index contributed by atoms with van der Waals surface area (Å²) in [6.45, 7) is 2.46. The molecule has 5 heterocycles. The van der Waals surface area contributed by atoms with E-state index in [-0.39, 0.29) is 11.4 Å². The Bertz CT molecular complexity index is 1060. The number of thiophene rings is 1. The van der Waals surface area contributed by atoms with Crippen LogP contribution >= 0.6 is 11.3 Å². The summed E-state index contributed by atoms with van der Waals surface area (Å²) in [4.78, 5) is 32.5. The molecule has 2 aliphatic heterocycles. The highest BCUT2D eigenvalue weighted by Crippen LogP contribution is 2.43. The van der Waals surface area contributed by atoms with E-state index in [0.717, 1.165) is 61.2 Å². The molecule has 1 atom stereocenters. The van der Waals surface area contributed by atoms with E-state index in [0.29, 0.717) is 18.3 Å². The molecule has 3 aromatic heterocycles. The molecule has 158 valence electrons. The Morgan fingerprint density at radius 3 is 2.77 bits per heavy atom. The van der Waals surface area contributed by atoms with Gasteiger partial charge >= 0.3 is 0 Å². The summed E-state index contributed by atoms with van der Waals surface area (Å²) in [7, 11) is 3.70. The number of carbonyl (C=O) groups excluding carboxylic acids is 1. The fourth-order valence-electron chi connectivity index (χ4n) is 4.87. The maximum absolute atomic E-state index is 13.0. The van der Waals surface area contributed by atoms with Gasteiger partial charge in [-0.2, -0.15) is 0 Å². The van der Waals surface area contributed by atoms with Crippen LogP contribution in [-0.4, -0.2) is 65.0 Å². The summed E-state index contributed by atoms with van der Waals surface area (Å²) in [5.41, 5.74) is 1.07. The second-order valence-electron chi connectivity index (χ2n) is 8.36. The minimum atomic E-state index is -0.0696. The van der Waals surface area contributed by atoms with Crippen molar-refractivity contribution in [3.63, 3.8) is 0 Å². The lowest BCUT2D eigenvalue weighted by Gasteiger charge is -2.39. The average molecular weight is 427 g/mol. The minimum Gasteiger partial charge on any atom is -0.418 e. The molecule has 9 heteroatoms. The van der Waals surface area contributed by atoms with Gasteiger partial charge in [-0.25, -0.2) is 15.0 Å². The molecular formula is C21H26N6O2S. The summed E-state index contributed by atoms with van der Waals surface area (Å²) in [5.74, 6) is 1.30. The number of fused-ring (bicyclic) bond motifs is 1. The fraction of sp³-hybridized carbons (Fsp3) is 0.524. The number of hydrogen-bond donors (Lipinski definition) is 0. The lowest BCUT2D eigenvalue weighted by Crippen LogP contribution is -2.45. The molecule has 0 aromatic carbocycles. The highest BCUT2D eigenvalue weighted by atomic mass is 32.1. The summed E-state index contributed by atoms with van der Waals surface area (Å²) in [6.07, 6.45) is 8.47. The number of amides is 1. The van der Waals surface area contributed by atoms with Crippen LogP contribution in [0.3, 0.4) is 0 Å². The summed E-state index contributed by atoms with van der Waals surface area (Å²) >= 11 is 1.71. The molecule has 0 saturated carbocycles. The van der Waals surface area contributed by atoms with Crippen molar-refractivity contribution in [3.05, 3.63) is 29.7 Å². The van der Waals surface area contributed by atoms with E-state index in [9.17, 15) is 4.79 Å². The lowest BCUT2D eigenvalue weighted by molar-refractivity contribution is 0.0728. The maximum Gasteiger partial charge on any atom is 0.297 e. The van der Waals surface area contributed by atoms with Crippen molar-refractivity contribution in [2.24, 2.45) is 0 Å². The number of likely N-dealkylation sites (tertiary alicyclic amines) is 1. The highest BCUT2D eigenvalue weighted by molar-refractivity contribution is 7.17. The molecule has 0 radical (unpaired) electrons. The SMILES string of the molecule is CN(C)c1ncc(C(=O)N2CCC[C@]3(CCCN3c3ncnc4ccsc34)CC2)o1. The minimum absolute atomic E-state index is 0.0521. The van der Waals surface area contributed by atoms with E-state index >= 15 is 0 Å². The van der Waals surface area contributed by atoms with Crippen LogP contribution < -0.4 is 9.80 Å². The Labute approximate surface area is 179 Å². The predicted octanol–water partition coefficient (Wildman–Crippen LogP) is 3.41. The number of carbonyl (C=O) groups is 1. The van der Waals surface area contributed by atoms with Crippen molar-refractivity contribution in [3.8, 4) is 0 Å². The molecule has 0 aliphatic carbocycles. The van der Waals surface area contributed by atoms with Crippen molar-refractivity contribution < 1.29 is 9.21 Å². The van der Waals surface area contributed by atoms with Gasteiger partial charge in [0.15, 0.2) is 0 Å². The van der Waals surface area contributed by atoms with Crippen molar-refractivity contribution in [2.75, 3.05) is 43.5 Å². The van der Waals surface area contributed by atoms with Gasteiger partial charge in [0.05, 0.1) is 16.4 Å². The van der Waals surface area contributed by atoms with Gasteiger partial charge < -0.3 is 19.1 Å². The smallest absolute Gasteiger partial charge is 0.297 e. The monoisotopic (exact) mass is 426 g/mol. The van der Waals surface area contributed by atoms with Gasteiger partial charge in [-0.1, -0.05) is 0 Å². The van der Waals surface area contributed by atoms with Gasteiger partial charge in [-0.3, -0.25) is 4.79 Å². The lowest BCUT2D eigenvalue weighted by atomic mass is 9.87. The zero-order chi connectivity index (χ0) is 20.7. The maximum atomic E-state index is 13.0. The molecule has 8 nitrogen and oxygen atoms in total. The molecule has 2 saturated heterocycles. The molecule has 5 rings (SSSR count). The van der Waals surface area contributed by atoms with Crippen LogP contribution in [0.2, 0.25) is 0 Å². The van der Waals surface area contributed by atoms with Crippen LogP contribution in [0.1, 0.15) is 42.7 Å². The van der Waals surface area contributed by atoms with E-state index in [1.54, 1.807) is 22.6 Å². The van der Waals surface area contributed by atoms with Gasteiger partial charge in [0.1, 0.15) is 12.1 Å². The third kappa shape index (κ3) is 3.21. The van der Waals surface area contributed by atoms with Crippen LogP contribution in [0, 0.1) is 0 Å². The van der Waals surface area contributed by atoms with E-state index in [4.69, 9.17) is 4.42 Å². The Kier molecular flexibility index (Phi) is 4.85. The molecule has 0 unspecified atom stereocenters. The molecule has 3 aromatic rings. The first kappa shape index (κ1) is 19.3. The van der Waals surface area contributed by atoms with E-state index < -0.39 is 0 Å². The second-order valence-corrected chi connectivity index (χ2v) is 9.28. The number of aromatic nitrogens is 3. The summed E-state index contributed by atoms with van der Waals surface area (Å²) in [6, 6.07) is 2.51.